The van der Waals surface area contributed by atoms with Gasteiger partial charge in [0.1, 0.15) is 5.82 Å². The standard InChI is InChI=1S/C10H7F3O/c11-7-1-2-8-6(5-7)3-4-10(12,13)9(8)14/h1-2,5H,3-4H2. The van der Waals surface area contributed by atoms with Crippen LogP contribution in [0.1, 0.15) is 22.3 Å². The van der Waals surface area contributed by atoms with Crippen LogP contribution in [-0.4, -0.2) is 11.7 Å². The van der Waals surface area contributed by atoms with Crippen molar-refractivity contribution in [3.05, 3.63) is 35.1 Å². The molecule has 1 aromatic rings. The summed E-state index contributed by atoms with van der Waals surface area (Å²) in [5, 5.41) is 0. The Morgan fingerprint density at radius 3 is 2.71 bits per heavy atom. The van der Waals surface area contributed by atoms with Gasteiger partial charge in [0.2, 0.25) is 5.78 Å². The first kappa shape index (κ1) is 9.24. The molecule has 1 nitrogen and oxygen atoms in total. The van der Waals surface area contributed by atoms with Crippen molar-refractivity contribution < 1.29 is 18.0 Å². The summed E-state index contributed by atoms with van der Waals surface area (Å²) in [6.45, 7) is 0. The Morgan fingerprint density at radius 1 is 1.29 bits per heavy atom. The number of aryl methyl sites for hydroxylation is 1. The average molecular weight is 200 g/mol. The lowest BCUT2D eigenvalue weighted by molar-refractivity contribution is 0.00200. The van der Waals surface area contributed by atoms with Crippen LogP contribution in [0.4, 0.5) is 13.2 Å². The maximum atomic E-state index is 12.9. The smallest absolute Gasteiger partial charge is 0.287 e. The fourth-order valence-corrected chi connectivity index (χ4v) is 1.59. The molecule has 74 valence electrons. The van der Waals surface area contributed by atoms with Crippen LogP contribution in [0, 0.1) is 5.82 Å². The Labute approximate surface area is 78.5 Å². The summed E-state index contributed by atoms with van der Waals surface area (Å²) in [7, 11) is 0. The highest BCUT2D eigenvalue weighted by atomic mass is 19.3. The number of alkyl halides is 2. The Morgan fingerprint density at radius 2 is 2.00 bits per heavy atom. The highest BCUT2D eigenvalue weighted by molar-refractivity contribution is 6.03. The lowest BCUT2D eigenvalue weighted by atomic mass is 9.88. The predicted molar refractivity (Wildman–Crippen MR) is 44.0 cm³/mol. The zero-order valence-corrected chi connectivity index (χ0v) is 7.19. The van der Waals surface area contributed by atoms with Crippen molar-refractivity contribution in [2.45, 2.75) is 18.8 Å². The third-order valence-corrected chi connectivity index (χ3v) is 2.35. The van der Waals surface area contributed by atoms with Gasteiger partial charge in [-0.2, -0.15) is 8.78 Å². The lowest BCUT2D eigenvalue weighted by Gasteiger charge is -2.22. The molecule has 0 atom stereocenters. The van der Waals surface area contributed by atoms with E-state index >= 15 is 0 Å². The summed E-state index contributed by atoms with van der Waals surface area (Å²) in [5.74, 6) is -4.98. The van der Waals surface area contributed by atoms with Gasteiger partial charge in [0.25, 0.3) is 0 Å². The molecule has 1 aliphatic rings. The molecule has 0 fully saturated rings. The fraction of sp³-hybridized carbons (Fsp3) is 0.300. The first-order chi connectivity index (χ1) is 6.50. The Hall–Kier alpha value is -1.32. The van der Waals surface area contributed by atoms with Gasteiger partial charge in [-0.15, -0.1) is 0 Å². The van der Waals surface area contributed by atoms with Crippen LogP contribution in [0.3, 0.4) is 0 Å². The van der Waals surface area contributed by atoms with E-state index in [4.69, 9.17) is 0 Å². The molecular formula is C10H7F3O. The van der Waals surface area contributed by atoms with Gasteiger partial charge in [0.15, 0.2) is 0 Å². The molecule has 0 aliphatic heterocycles. The van der Waals surface area contributed by atoms with E-state index in [1.165, 1.54) is 0 Å². The quantitative estimate of drug-likeness (QED) is 0.629. The van der Waals surface area contributed by atoms with Crippen LogP contribution < -0.4 is 0 Å². The fourth-order valence-electron chi connectivity index (χ4n) is 1.59. The van der Waals surface area contributed by atoms with E-state index in [1.54, 1.807) is 0 Å². The molecule has 2 rings (SSSR count). The molecule has 1 aliphatic carbocycles. The third-order valence-electron chi connectivity index (χ3n) is 2.35. The first-order valence-electron chi connectivity index (χ1n) is 4.22. The zero-order chi connectivity index (χ0) is 10.3. The molecule has 0 spiro atoms. The second-order valence-electron chi connectivity index (χ2n) is 3.34. The number of carbonyl (C=O) groups excluding carboxylic acids is 1. The highest BCUT2D eigenvalue weighted by Crippen LogP contribution is 2.32. The van der Waals surface area contributed by atoms with Gasteiger partial charge in [-0.25, -0.2) is 4.39 Å². The minimum atomic E-state index is -3.29. The molecule has 0 saturated carbocycles. The molecule has 1 aromatic carbocycles. The maximum absolute atomic E-state index is 12.9. The third kappa shape index (κ3) is 1.31. The van der Waals surface area contributed by atoms with Gasteiger partial charge in [0, 0.05) is 12.0 Å². The predicted octanol–water partition coefficient (Wildman–Crippen LogP) is 2.59. The van der Waals surface area contributed by atoms with Crippen LogP contribution >= 0.6 is 0 Å². The van der Waals surface area contributed by atoms with Gasteiger partial charge in [0.05, 0.1) is 0 Å². The first-order valence-corrected chi connectivity index (χ1v) is 4.22. The molecular weight excluding hydrogens is 193 g/mol. The molecule has 14 heavy (non-hydrogen) atoms. The summed E-state index contributed by atoms with van der Waals surface area (Å²) in [6.07, 6.45) is -0.478. The van der Waals surface area contributed by atoms with Gasteiger partial charge < -0.3 is 0 Å². The van der Waals surface area contributed by atoms with E-state index in [0.29, 0.717) is 5.56 Å². The molecule has 0 saturated heterocycles. The van der Waals surface area contributed by atoms with Crippen molar-refractivity contribution in [3.8, 4) is 0 Å². The Balaban J connectivity index is 2.52. The lowest BCUT2D eigenvalue weighted by Crippen LogP contribution is -2.34. The van der Waals surface area contributed by atoms with Crippen LogP contribution in [0.15, 0.2) is 18.2 Å². The number of fused-ring (bicyclic) bond motifs is 1. The topological polar surface area (TPSA) is 17.1 Å². The van der Waals surface area contributed by atoms with Crippen LogP contribution in [0.2, 0.25) is 0 Å². The minimum absolute atomic E-state index is 0.0475. The average Bonchev–Trinajstić information content (AvgIpc) is 2.12. The number of halogens is 3. The van der Waals surface area contributed by atoms with Crippen LogP contribution in [-0.2, 0) is 6.42 Å². The van der Waals surface area contributed by atoms with Crippen molar-refractivity contribution in [1.82, 2.24) is 0 Å². The van der Waals surface area contributed by atoms with Crippen molar-refractivity contribution in [3.63, 3.8) is 0 Å². The summed E-state index contributed by atoms with van der Waals surface area (Å²) in [4.78, 5) is 11.2. The number of rotatable bonds is 0. The second kappa shape index (κ2) is 2.83. The van der Waals surface area contributed by atoms with E-state index in [2.05, 4.69) is 0 Å². The largest absolute Gasteiger partial charge is 0.310 e. The van der Waals surface area contributed by atoms with E-state index in [9.17, 15) is 18.0 Å². The SMILES string of the molecule is O=C1c2ccc(F)cc2CCC1(F)F. The zero-order valence-electron chi connectivity index (χ0n) is 7.19. The summed E-state index contributed by atoms with van der Waals surface area (Å²) >= 11 is 0. The molecule has 0 N–H and O–H groups in total. The Bertz CT molecular complexity index is 398. The second-order valence-corrected chi connectivity index (χ2v) is 3.34. The Kier molecular flexibility index (Phi) is 1.87. The molecule has 0 unspecified atom stereocenters. The number of hydrogen-bond donors (Lipinski definition) is 0. The van der Waals surface area contributed by atoms with Gasteiger partial charge in [-0.1, -0.05) is 0 Å². The van der Waals surface area contributed by atoms with Crippen molar-refractivity contribution in [2.24, 2.45) is 0 Å². The number of ketones is 1. The number of carbonyl (C=O) groups is 1. The van der Waals surface area contributed by atoms with Gasteiger partial charge >= 0.3 is 5.92 Å². The number of hydrogen-bond acceptors (Lipinski definition) is 1. The van der Waals surface area contributed by atoms with Crippen molar-refractivity contribution in [1.29, 1.82) is 0 Å². The monoisotopic (exact) mass is 200 g/mol. The van der Waals surface area contributed by atoms with Gasteiger partial charge in [-0.05, 0) is 30.2 Å². The highest BCUT2D eigenvalue weighted by Gasteiger charge is 2.43. The van der Waals surface area contributed by atoms with Crippen molar-refractivity contribution >= 4 is 5.78 Å². The summed E-state index contributed by atoms with van der Waals surface area (Å²) in [6, 6.07) is 3.29. The summed E-state index contributed by atoms with van der Waals surface area (Å²) < 4.78 is 38.6. The summed E-state index contributed by atoms with van der Waals surface area (Å²) in [5.41, 5.74) is 0.323. The number of benzene rings is 1. The molecule has 4 heteroatoms. The molecule has 0 radical (unpaired) electrons. The molecule has 0 aromatic heterocycles. The van der Waals surface area contributed by atoms with Crippen LogP contribution in [0.5, 0.6) is 0 Å². The van der Waals surface area contributed by atoms with E-state index < -0.39 is 23.9 Å². The van der Waals surface area contributed by atoms with Crippen molar-refractivity contribution in [2.75, 3.05) is 0 Å². The van der Waals surface area contributed by atoms with Gasteiger partial charge in [-0.3, -0.25) is 4.79 Å². The maximum Gasteiger partial charge on any atom is 0.310 e. The van der Waals surface area contributed by atoms with Crippen LogP contribution in [0.25, 0.3) is 0 Å². The van der Waals surface area contributed by atoms with E-state index in [-0.39, 0.29) is 12.0 Å². The molecule has 0 heterocycles. The van der Waals surface area contributed by atoms with E-state index in [1.807, 2.05) is 0 Å². The minimum Gasteiger partial charge on any atom is -0.287 e. The normalized spacial score (nSPS) is 19.2. The molecule has 0 amide bonds. The number of Topliss-reactive ketones (excluding diaryl/α,β-unsaturated/α-hetero) is 1. The van der Waals surface area contributed by atoms with E-state index in [0.717, 1.165) is 18.2 Å². The molecule has 0 bridgehead atoms.